The third-order valence-corrected chi connectivity index (χ3v) is 3.34. The summed E-state index contributed by atoms with van der Waals surface area (Å²) in [5.74, 6) is 0.925. The van der Waals surface area contributed by atoms with Gasteiger partial charge >= 0.3 is 0 Å². The van der Waals surface area contributed by atoms with Crippen molar-refractivity contribution in [2.75, 3.05) is 13.2 Å². The van der Waals surface area contributed by atoms with Crippen LogP contribution in [0.25, 0.3) is 0 Å². The van der Waals surface area contributed by atoms with E-state index in [0.29, 0.717) is 6.04 Å². The lowest BCUT2D eigenvalue weighted by Crippen LogP contribution is -2.41. The lowest BCUT2D eigenvalue weighted by molar-refractivity contribution is 0.183. The van der Waals surface area contributed by atoms with Crippen molar-refractivity contribution in [2.45, 2.75) is 51.1 Å². The number of nitrogens with one attached hydrogen (secondary N) is 1. The Morgan fingerprint density at radius 1 is 1.15 bits per heavy atom. The minimum Gasteiger partial charge on any atom is -0.380 e. The van der Waals surface area contributed by atoms with Gasteiger partial charge in [-0.15, -0.1) is 0 Å². The molecule has 0 spiro atoms. The van der Waals surface area contributed by atoms with Gasteiger partial charge < -0.3 is 10.1 Å². The van der Waals surface area contributed by atoms with Crippen molar-refractivity contribution in [3.63, 3.8) is 0 Å². The van der Waals surface area contributed by atoms with E-state index in [1.807, 2.05) is 0 Å². The van der Waals surface area contributed by atoms with Crippen molar-refractivity contribution in [1.29, 1.82) is 0 Å². The highest BCUT2D eigenvalue weighted by atomic mass is 16.5. The van der Waals surface area contributed by atoms with Crippen molar-refractivity contribution >= 4 is 0 Å². The molecule has 0 aromatic rings. The number of hydrogen-bond acceptors (Lipinski definition) is 2. The van der Waals surface area contributed by atoms with E-state index in [2.05, 4.69) is 12.2 Å². The van der Waals surface area contributed by atoms with Gasteiger partial charge in [0.15, 0.2) is 0 Å². The van der Waals surface area contributed by atoms with Gasteiger partial charge in [-0.25, -0.2) is 0 Å². The molecule has 0 aromatic carbocycles. The minimum atomic E-state index is 0.648. The molecule has 1 saturated carbocycles. The molecule has 2 rings (SSSR count). The van der Waals surface area contributed by atoms with Gasteiger partial charge in [-0.1, -0.05) is 19.8 Å². The summed E-state index contributed by atoms with van der Waals surface area (Å²) < 4.78 is 5.36. The highest BCUT2D eigenvalue weighted by molar-refractivity contribution is 4.81. The van der Waals surface area contributed by atoms with Crippen molar-refractivity contribution in [2.24, 2.45) is 5.92 Å². The molecule has 0 aromatic heterocycles. The van der Waals surface area contributed by atoms with Gasteiger partial charge in [-0.05, 0) is 25.2 Å². The van der Waals surface area contributed by atoms with Crippen LogP contribution in [0.5, 0.6) is 0 Å². The average Bonchev–Trinajstić information content (AvgIpc) is 2.57. The Labute approximate surface area is 81.0 Å². The minimum absolute atomic E-state index is 0.648. The second-order valence-electron chi connectivity index (χ2n) is 4.70. The molecule has 2 nitrogen and oxygen atoms in total. The summed E-state index contributed by atoms with van der Waals surface area (Å²) in [5, 5.41) is 3.72. The predicted octanol–water partition coefficient (Wildman–Crippen LogP) is 1.94. The Morgan fingerprint density at radius 2 is 2.08 bits per heavy atom. The van der Waals surface area contributed by atoms with Crippen LogP contribution in [-0.4, -0.2) is 25.3 Å². The maximum Gasteiger partial charge on any atom is 0.0620 e. The van der Waals surface area contributed by atoms with Crippen LogP contribution in [-0.2, 0) is 4.74 Å². The van der Waals surface area contributed by atoms with Gasteiger partial charge in [0.25, 0.3) is 0 Å². The summed E-state index contributed by atoms with van der Waals surface area (Å²) in [5.41, 5.74) is 0. The summed E-state index contributed by atoms with van der Waals surface area (Å²) in [4.78, 5) is 0. The topological polar surface area (TPSA) is 21.3 Å². The second-order valence-corrected chi connectivity index (χ2v) is 4.70. The van der Waals surface area contributed by atoms with E-state index in [-0.39, 0.29) is 0 Å². The number of hydrogen-bond donors (Lipinski definition) is 1. The molecule has 0 radical (unpaired) electrons. The molecule has 0 unspecified atom stereocenters. The van der Waals surface area contributed by atoms with Crippen molar-refractivity contribution in [1.82, 2.24) is 5.32 Å². The van der Waals surface area contributed by atoms with Crippen molar-refractivity contribution < 1.29 is 4.74 Å². The van der Waals surface area contributed by atoms with Gasteiger partial charge in [0.05, 0.1) is 6.61 Å². The molecule has 2 aliphatic rings. The quantitative estimate of drug-likeness (QED) is 0.706. The normalized spacial score (nSPS) is 40.8. The Kier molecular flexibility index (Phi) is 3.23. The van der Waals surface area contributed by atoms with E-state index >= 15 is 0 Å². The maximum absolute atomic E-state index is 5.36. The average molecular weight is 183 g/mol. The summed E-state index contributed by atoms with van der Waals surface area (Å²) in [6.07, 6.45) is 6.80. The summed E-state index contributed by atoms with van der Waals surface area (Å²) in [6, 6.07) is 1.42. The fourth-order valence-corrected chi connectivity index (χ4v) is 2.58. The fourth-order valence-electron chi connectivity index (χ4n) is 2.58. The highest BCUT2D eigenvalue weighted by Gasteiger charge is 2.23. The molecule has 1 aliphatic heterocycles. The maximum atomic E-state index is 5.36. The van der Waals surface area contributed by atoms with Crippen LogP contribution in [0.4, 0.5) is 0 Å². The zero-order valence-corrected chi connectivity index (χ0v) is 8.59. The predicted molar refractivity (Wildman–Crippen MR) is 53.8 cm³/mol. The van der Waals surface area contributed by atoms with Gasteiger partial charge in [-0.2, -0.15) is 0 Å². The molecule has 1 heterocycles. The molecule has 1 N–H and O–H groups in total. The molecule has 1 saturated heterocycles. The first-order chi connectivity index (χ1) is 6.34. The molecule has 0 bridgehead atoms. The number of ether oxygens (including phenoxy) is 1. The third-order valence-electron chi connectivity index (χ3n) is 3.34. The molecule has 1 aliphatic carbocycles. The zero-order valence-electron chi connectivity index (χ0n) is 8.59. The smallest absolute Gasteiger partial charge is 0.0620 e. The van der Waals surface area contributed by atoms with Gasteiger partial charge in [0.2, 0.25) is 0 Å². The van der Waals surface area contributed by atoms with Crippen LogP contribution in [0.15, 0.2) is 0 Å². The van der Waals surface area contributed by atoms with Crippen molar-refractivity contribution in [3.05, 3.63) is 0 Å². The SMILES string of the molecule is C[C@H]1CCC[C@H](N[C@H]2CCOC2)C1. The first kappa shape index (κ1) is 9.47. The van der Waals surface area contributed by atoms with Crippen molar-refractivity contribution in [3.8, 4) is 0 Å². The molecular weight excluding hydrogens is 162 g/mol. The highest BCUT2D eigenvalue weighted by Crippen LogP contribution is 2.24. The molecule has 2 heteroatoms. The fraction of sp³-hybridized carbons (Fsp3) is 1.00. The van der Waals surface area contributed by atoms with Crippen LogP contribution >= 0.6 is 0 Å². The largest absolute Gasteiger partial charge is 0.380 e. The first-order valence-electron chi connectivity index (χ1n) is 5.68. The van der Waals surface area contributed by atoms with Gasteiger partial charge in [0, 0.05) is 18.7 Å². The van der Waals surface area contributed by atoms with E-state index in [9.17, 15) is 0 Å². The Morgan fingerprint density at radius 3 is 2.77 bits per heavy atom. The Hall–Kier alpha value is -0.0800. The van der Waals surface area contributed by atoms with Crippen LogP contribution in [0.1, 0.15) is 39.0 Å². The molecule has 13 heavy (non-hydrogen) atoms. The second kappa shape index (κ2) is 4.43. The van der Waals surface area contributed by atoms with Crippen LogP contribution in [0.2, 0.25) is 0 Å². The Balaban J connectivity index is 1.73. The standard InChI is InChI=1S/C11H21NO/c1-9-3-2-4-10(7-9)12-11-5-6-13-8-11/h9-12H,2-8H2,1H3/t9-,10-,11-/m0/s1. The molecular formula is C11H21NO. The molecule has 0 amide bonds. The first-order valence-corrected chi connectivity index (χ1v) is 5.68. The van der Waals surface area contributed by atoms with E-state index in [1.165, 1.54) is 32.1 Å². The van der Waals surface area contributed by atoms with Gasteiger partial charge in [-0.3, -0.25) is 0 Å². The van der Waals surface area contributed by atoms with E-state index in [4.69, 9.17) is 4.74 Å². The number of rotatable bonds is 2. The van der Waals surface area contributed by atoms with Crippen LogP contribution in [0, 0.1) is 5.92 Å². The van der Waals surface area contributed by atoms with E-state index in [1.54, 1.807) is 0 Å². The Bertz CT molecular complexity index is 154. The van der Waals surface area contributed by atoms with Gasteiger partial charge in [0.1, 0.15) is 0 Å². The molecule has 2 fully saturated rings. The lowest BCUT2D eigenvalue weighted by Gasteiger charge is -2.29. The summed E-state index contributed by atoms with van der Waals surface area (Å²) in [6.45, 7) is 4.27. The third kappa shape index (κ3) is 2.68. The zero-order chi connectivity index (χ0) is 9.10. The monoisotopic (exact) mass is 183 g/mol. The van der Waals surface area contributed by atoms with E-state index in [0.717, 1.165) is 25.2 Å². The van der Waals surface area contributed by atoms with E-state index < -0.39 is 0 Å². The summed E-state index contributed by atoms with van der Waals surface area (Å²) >= 11 is 0. The van der Waals surface area contributed by atoms with Crippen LogP contribution < -0.4 is 5.32 Å². The summed E-state index contributed by atoms with van der Waals surface area (Å²) in [7, 11) is 0. The lowest BCUT2D eigenvalue weighted by atomic mass is 9.87. The van der Waals surface area contributed by atoms with Crippen LogP contribution in [0.3, 0.4) is 0 Å². The molecule has 3 atom stereocenters. The molecule has 76 valence electrons.